The zero-order valence-electron chi connectivity index (χ0n) is 17.3. The van der Waals surface area contributed by atoms with Crippen molar-refractivity contribution < 1.29 is 19.7 Å². The topological polar surface area (TPSA) is 58.9 Å². The van der Waals surface area contributed by atoms with Crippen LogP contribution in [0.1, 0.15) is 39.2 Å². The molecule has 2 N–H and O–H groups in total. The first-order valence-corrected chi connectivity index (χ1v) is 10.2. The van der Waals surface area contributed by atoms with Crippen molar-refractivity contribution in [2.24, 2.45) is 5.41 Å². The predicted octanol–water partition coefficient (Wildman–Crippen LogP) is 5.66. The monoisotopic (exact) mass is 439 g/mol. The number of rotatable bonds is 8. The Morgan fingerprint density at radius 2 is 1.59 bits per heavy atom. The van der Waals surface area contributed by atoms with Crippen LogP contribution in [0.4, 0.5) is 0 Å². The molecular formula is C23H29Cl2O4. The lowest BCUT2D eigenvalue weighted by molar-refractivity contribution is -0.132. The number of halogens is 2. The fraction of sp³-hybridized carbons (Fsp3) is 0.435. The number of benzene rings is 2. The van der Waals surface area contributed by atoms with Crippen molar-refractivity contribution in [1.29, 1.82) is 0 Å². The lowest BCUT2D eigenvalue weighted by Crippen LogP contribution is -2.52. The Hall–Kier alpha value is -1.46. The molecule has 0 aliphatic carbocycles. The zero-order valence-corrected chi connectivity index (χ0v) is 18.8. The van der Waals surface area contributed by atoms with Crippen molar-refractivity contribution in [3.63, 3.8) is 0 Å². The van der Waals surface area contributed by atoms with Crippen LogP contribution in [0.2, 0.25) is 10.0 Å². The van der Waals surface area contributed by atoms with E-state index < -0.39 is 23.2 Å². The normalized spacial score (nSPS) is 16.0. The minimum absolute atomic E-state index is 0.0343. The van der Waals surface area contributed by atoms with Crippen LogP contribution in [-0.2, 0) is 5.60 Å². The van der Waals surface area contributed by atoms with E-state index >= 15 is 0 Å². The average Bonchev–Trinajstić information content (AvgIpc) is 2.67. The van der Waals surface area contributed by atoms with E-state index in [4.69, 9.17) is 32.7 Å². The van der Waals surface area contributed by atoms with Crippen molar-refractivity contribution in [2.75, 3.05) is 7.11 Å². The molecular weight excluding hydrogens is 411 g/mol. The van der Waals surface area contributed by atoms with Gasteiger partial charge in [0.15, 0.2) is 0 Å². The Morgan fingerprint density at radius 1 is 1.00 bits per heavy atom. The first-order valence-electron chi connectivity index (χ1n) is 9.47. The summed E-state index contributed by atoms with van der Waals surface area (Å²) in [5.74, 6) is 1.28. The van der Waals surface area contributed by atoms with Gasteiger partial charge in [0.1, 0.15) is 23.2 Å². The van der Waals surface area contributed by atoms with E-state index in [2.05, 4.69) is 6.92 Å². The second kappa shape index (κ2) is 9.57. The molecule has 1 unspecified atom stereocenters. The molecule has 0 saturated heterocycles. The van der Waals surface area contributed by atoms with Crippen LogP contribution in [0.25, 0.3) is 0 Å². The Morgan fingerprint density at radius 3 is 2.07 bits per heavy atom. The molecule has 3 atom stereocenters. The molecule has 6 heteroatoms. The molecule has 159 valence electrons. The molecule has 1 radical (unpaired) electrons. The summed E-state index contributed by atoms with van der Waals surface area (Å²) in [6.45, 7) is 9.67. The molecule has 0 fully saturated rings. The second-order valence-electron chi connectivity index (χ2n) is 8.24. The fourth-order valence-corrected chi connectivity index (χ4v) is 3.68. The molecule has 29 heavy (non-hydrogen) atoms. The van der Waals surface area contributed by atoms with Gasteiger partial charge in [0.2, 0.25) is 0 Å². The molecule has 0 aliphatic rings. The van der Waals surface area contributed by atoms with Gasteiger partial charge in [-0.15, -0.1) is 0 Å². The maximum atomic E-state index is 11.9. The summed E-state index contributed by atoms with van der Waals surface area (Å²) in [5.41, 5.74) is -1.50. The van der Waals surface area contributed by atoms with Gasteiger partial charge in [0.25, 0.3) is 0 Å². The second-order valence-corrected chi connectivity index (χ2v) is 9.05. The van der Waals surface area contributed by atoms with Gasteiger partial charge in [0.05, 0.1) is 23.3 Å². The van der Waals surface area contributed by atoms with Gasteiger partial charge in [-0.3, -0.25) is 0 Å². The van der Waals surface area contributed by atoms with Crippen LogP contribution < -0.4 is 9.47 Å². The molecule has 2 aromatic rings. The molecule has 0 aliphatic heterocycles. The van der Waals surface area contributed by atoms with Crippen molar-refractivity contribution in [3.8, 4) is 11.5 Å². The van der Waals surface area contributed by atoms with Crippen molar-refractivity contribution in [1.82, 2.24) is 0 Å². The molecule has 0 spiro atoms. The number of methoxy groups -OCH3 is 1. The summed E-state index contributed by atoms with van der Waals surface area (Å²) in [6, 6.07) is 12.1. The number of hydrogen-bond donors (Lipinski definition) is 2. The third-order valence-electron chi connectivity index (χ3n) is 4.83. The van der Waals surface area contributed by atoms with E-state index in [1.165, 1.54) is 0 Å². The fourth-order valence-electron chi connectivity index (χ4n) is 3.38. The molecule has 0 bridgehead atoms. The van der Waals surface area contributed by atoms with Crippen molar-refractivity contribution >= 4 is 23.2 Å². The highest BCUT2D eigenvalue weighted by atomic mass is 35.5. The standard InChI is InChI=1S/C23H29Cl2O4/c1-6-16(26)14-23(27,15-7-12-19(24)20(25)13-15)21(22(2,3)4)29-18-10-8-17(28-5)9-11-18/h7-13,16,21,26-27H,1,6,14H2,2-5H3/t16?,21-,23+/m0/s1. The van der Waals surface area contributed by atoms with E-state index in [-0.39, 0.29) is 12.8 Å². The van der Waals surface area contributed by atoms with Gasteiger partial charge < -0.3 is 19.7 Å². The number of aliphatic hydroxyl groups is 2. The Balaban J connectivity index is 2.55. The minimum Gasteiger partial charge on any atom is -0.497 e. The highest BCUT2D eigenvalue weighted by Crippen LogP contribution is 2.43. The van der Waals surface area contributed by atoms with Crippen molar-refractivity contribution in [3.05, 3.63) is 65.0 Å². The maximum absolute atomic E-state index is 11.9. The summed E-state index contributed by atoms with van der Waals surface area (Å²) >= 11 is 12.3. The molecule has 2 aromatic carbocycles. The highest BCUT2D eigenvalue weighted by molar-refractivity contribution is 6.42. The SMILES string of the molecule is [CH2]CC(O)C[C@@](O)(c1ccc(Cl)c(Cl)c1)[C@@H](Oc1ccc(OC)cc1)C(C)(C)C. The smallest absolute Gasteiger partial charge is 0.136 e. The van der Waals surface area contributed by atoms with E-state index in [0.717, 1.165) is 0 Å². The minimum atomic E-state index is -1.54. The van der Waals surface area contributed by atoms with E-state index in [9.17, 15) is 10.2 Å². The van der Waals surface area contributed by atoms with Crippen LogP contribution in [0.5, 0.6) is 11.5 Å². The zero-order chi connectivity index (χ0) is 21.8. The highest BCUT2D eigenvalue weighted by Gasteiger charge is 2.48. The summed E-state index contributed by atoms with van der Waals surface area (Å²) in [7, 11) is 1.59. The van der Waals surface area contributed by atoms with E-state index in [0.29, 0.717) is 27.1 Å². The lowest BCUT2D eigenvalue weighted by atomic mass is 9.72. The molecule has 4 nitrogen and oxygen atoms in total. The largest absolute Gasteiger partial charge is 0.497 e. The number of hydrogen-bond acceptors (Lipinski definition) is 4. The van der Waals surface area contributed by atoms with Gasteiger partial charge in [-0.2, -0.15) is 0 Å². The lowest BCUT2D eigenvalue weighted by Gasteiger charge is -2.44. The van der Waals surface area contributed by atoms with Gasteiger partial charge >= 0.3 is 0 Å². The van der Waals surface area contributed by atoms with Crippen LogP contribution in [0.3, 0.4) is 0 Å². The van der Waals surface area contributed by atoms with Gasteiger partial charge in [-0.05, 0) is 48.4 Å². The van der Waals surface area contributed by atoms with Crippen LogP contribution >= 0.6 is 23.2 Å². The first-order chi connectivity index (χ1) is 13.5. The molecule has 0 heterocycles. The third kappa shape index (κ3) is 5.79. The van der Waals surface area contributed by atoms with Gasteiger partial charge in [-0.1, -0.05) is 57.0 Å². The van der Waals surface area contributed by atoms with E-state index in [1.807, 2.05) is 20.8 Å². The van der Waals surface area contributed by atoms with Crippen molar-refractivity contribution in [2.45, 2.75) is 51.4 Å². The average molecular weight is 440 g/mol. The summed E-state index contributed by atoms with van der Waals surface area (Å²) in [6.07, 6.45) is -1.24. The Bertz CT molecular complexity index is 802. The first kappa shape index (κ1) is 23.8. The molecule has 0 saturated carbocycles. The molecule has 2 rings (SSSR count). The van der Waals surface area contributed by atoms with Gasteiger partial charge in [-0.25, -0.2) is 0 Å². The molecule has 0 aromatic heterocycles. The maximum Gasteiger partial charge on any atom is 0.136 e. The summed E-state index contributed by atoms with van der Waals surface area (Å²) in [4.78, 5) is 0. The van der Waals surface area contributed by atoms with Crippen LogP contribution in [0.15, 0.2) is 42.5 Å². The number of ether oxygens (including phenoxy) is 2. The Kier molecular flexibility index (Phi) is 7.86. The van der Waals surface area contributed by atoms with E-state index in [1.54, 1.807) is 49.6 Å². The quantitative estimate of drug-likeness (QED) is 0.556. The van der Waals surface area contributed by atoms with Gasteiger partial charge in [0, 0.05) is 11.8 Å². The van der Waals surface area contributed by atoms with Crippen LogP contribution in [0, 0.1) is 12.3 Å². The summed E-state index contributed by atoms with van der Waals surface area (Å²) < 4.78 is 11.5. The summed E-state index contributed by atoms with van der Waals surface area (Å²) in [5, 5.41) is 23.0. The molecule has 0 amide bonds. The predicted molar refractivity (Wildman–Crippen MR) is 118 cm³/mol. The Labute approximate surface area is 183 Å². The number of aliphatic hydroxyl groups excluding tert-OH is 1. The third-order valence-corrected chi connectivity index (χ3v) is 5.57. The van der Waals surface area contributed by atoms with Crippen LogP contribution in [-0.4, -0.2) is 29.5 Å².